The van der Waals surface area contributed by atoms with E-state index >= 15 is 0 Å². The Bertz CT molecular complexity index is 398. The van der Waals surface area contributed by atoms with Gasteiger partial charge in [0.15, 0.2) is 0 Å². The van der Waals surface area contributed by atoms with Crippen LogP contribution in [0.4, 0.5) is 0 Å². The topological polar surface area (TPSA) is 20.2 Å². The monoisotopic (exact) mass is 236 g/mol. The van der Waals surface area contributed by atoms with Gasteiger partial charge in [-0.1, -0.05) is 31.5 Å². The Kier molecular flexibility index (Phi) is 3.32. The molecule has 1 aliphatic rings. The van der Waals surface area contributed by atoms with Crippen molar-refractivity contribution in [1.29, 1.82) is 0 Å². The molecule has 1 N–H and O–H groups in total. The van der Waals surface area contributed by atoms with E-state index in [1.165, 1.54) is 22.3 Å². The van der Waals surface area contributed by atoms with Crippen LogP contribution in [-0.4, -0.2) is 10.4 Å². The Labute approximate surface area is 102 Å². The van der Waals surface area contributed by atoms with Gasteiger partial charge in [-0.15, -0.1) is 0 Å². The number of thioether (sulfide) groups is 1. The van der Waals surface area contributed by atoms with Crippen LogP contribution in [-0.2, 0) is 5.75 Å². The minimum absolute atomic E-state index is 0.297. The molecule has 1 heterocycles. The smallest absolute Gasteiger partial charge is 0.0916 e. The molecule has 1 aromatic carbocycles. The molecule has 0 aromatic heterocycles. The highest BCUT2D eigenvalue weighted by molar-refractivity contribution is 7.99. The molecule has 0 bridgehead atoms. The number of aryl methyl sites for hydroxylation is 2. The first-order chi connectivity index (χ1) is 7.50. The summed E-state index contributed by atoms with van der Waals surface area (Å²) < 4.78 is 0. The normalized spacial score (nSPS) is 24.6. The first kappa shape index (κ1) is 12.0. The van der Waals surface area contributed by atoms with Crippen molar-refractivity contribution in [1.82, 2.24) is 0 Å². The summed E-state index contributed by atoms with van der Waals surface area (Å²) in [5, 5.41) is 10.8. The molecule has 16 heavy (non-hydrogen) atoms. The Balaban J connectivity index is 2.44. The maximum absolute atomic E-state index is 10.4. The number of hydrogen-bond donors (Lipinski definition) is 1. The van der Waals surface area contributed by atoms with Crippen LogP contribution in [0.25, 0.3) is 0 Å². The molecule has 1 aliphatic heterocycles. The Morgan fingerprint density at radius 3 is 2.62 bits per heavy atom. The fraction of sp³-hybridized carbons (Fsp3) is 0.571. The summed E-state index contributed by atoms with van der Waals surface area (Å²) in [4.78, 5) is 0. The van der Waals surface area contributed by atoms with E-state index in [1.807, 2.05) is 11.8 Å². The third-order valence-corrected chi connectivity index (χ3v) is 4.98. The minimum atomic E-state index is -0.297. The number of fused-ring (bicyclic) bond motifs is 1. The summed E-state index contributed by atoms with van der Waals surface area (Å²) in [5.74, 6) is 1.56. The molecule has 2 heteroatoms. The molecule has 0 amide bonds. The SMILES string of the molecule is Cc1cc(C)c2c(c1)CSC(C(C)C)C2O. The highest BCUT2D eigenvalue weighted by atomic mass is 32.2. The number of aliphatic hydroxyl groups is 1. The number of hydrogen-bond acceptors (Lipinski definition) is 2. The van der Waals surface area contributed by atoms with E-state index in [9.17, 15) is 5.11 Å². The number of aliphatic hydroxyl groups excluding tert-OH is 1. The average Bonchev–Trinajstić information content (AvgIpc) is 2.15. The molecule has 2 atom stereocenters. The van der Waals surface area contributed by atoms with Crippen molar-refractivity contribution in [2.75, 3.05) is 0 Å². The summed E-state index contributed by atoms with van der Waals surface area (Å²) in [6.07, 6.45) is -0.297. The van der Waals surface area contributed by atoms with Crippen molar-refractivity contribution in [2.24, 2.45) is 5.92 Å². The van der Waals surface area contributed by atoms with Gasteiger partial charge in [-0.05, 0) is 36.5 Å². The molecule has 0 aliphatic carbocycles. The molecule has 0 fully saturated rings. The molecule has 2 rings (SSSR count). The van der Waals surface area contributed by atoms with Crippen LogP contribution in [0.1, 0.15) is 42.2 Å². The van der Waals surface area contributed by atoms with Crippen molar-refractivity contribution in [3.05, 3.63) is 34.4 Å². The highest BCUT2D eigenvalue weighted by Crippen LogP contribution is 2.42. The van der Waals surface area contributed by atoms with Crippen LogP contribution in [0.15, 0.2) is 12.1 Å². The van der Waals surface area contributed by atoms with E-state index in [0.717, 1.165) is 5.75 Å². The van der Waals surface area contributed by atoms with Crippen molar-refractivity contribution in [3.8, 4) is 0 Å². The standard InChI is InChI=1S/C14H20OS/c1-8(2)14-13(15)12-10(4)5-9(3)6-11(12)7-16-14/h5-6,8,13-15H,7H2,1-4H3. The second kappa shape index (κ2) is 4.42. The fourth-order valence-electron chi connectivity index (χ4n) is 2.61. The summed E-state index contributed by atoms with van der Waals surface area (Å²) in [7, 11) is 0. The zero-order chi connectivity index (χ0) is 11.9. The molecule has 0 spiro atoms. The van der Waals surface area contributed by atoms with Gasteiger partial charge >= 0.3 is 0 Å². The average molecular weight is 236 g/mol. The predicted molar refractivity (Wildman–Crippen MR) is 70.8 cm³/mol. The van der Waals surface area contributed by atoms with Gasteiger partial charge < -0.3 is 5.11 Å². The van der Waals surface area contributed by atoms with Gasteiger partial charge in [0.2, 0.25) is 0 Å². The highest BCUT2D eigenvalue weighted by Gasteiger charge is 2.31. The first-order valence-electron chi connectivity index (χ1n) is 5.90. The minimum Gasteiger partial charge on any atom is -0.387 e. The van der Waals surface area contributed by atoms with Gasteiger partial charge in [0, 0.05) is 11.0 Å². The summed E-state index contributed by atoms with van der Waals surface area (Å²) in [5.41, 5.74) is 5.05. The van der Waals surface area contributed by atoms with Gasteiger partial charge in [0.25, 0.3) is 0 Å². The maximum atomic E-state index is 10.4. The van der Waals surface area contributed by atoms with Gasteiger partial charge in [-0.3, -0.25) is 0 Å². The second-order valence-corrected chi connectivity index (χ2v) is 6.29. The lowest BCUT2D eigenvalue weighted by molar-refractivity contribution is 0.155. The van der Waals surface area contributed by atoms with Crippen LogP contribution in [0, 0.1) is 19.8 Å². The van der Waals surface area contributed by atoms with E-state index in [4.69, 9.17) is 0 Å². The lowest BCUT2D eigenvalue weighted by atomic mass is 9.90. The van der Waals surface area contributed by atoms with Crippen molar-refractivity contribution in [2.45, 2.75) is 44.8 Å². The number of rotatable bonds is 1. The molecule has 0 radical (unpaired) electrons. The van der Waals surface area contributed by atoms with E-state index in [2.05, 4.69) is 39.8 Å². The van der Waals surface area contributed by atoms with Gasteiger partial charge in [0.05, 0.1) is 6.10 Å². The van der Waals surface area contributed by atoms with Crippen molar-refractivity contribution in [3.63, 3.8) is 0 Å². The largest absolute Gasteiger partial charge is 0.387 e. The van der Waals surface area contributed by atoms with Crippen LogP contribution < -0.4 is 0 Å². The van der Waals surface area contributed by atoms with E-state index in [1.54, 1.807) is 0 Å². The molecule has 1 nitrogen and oxygen atoms in total. The van der Waals surface area contributed by atoms with E-state index in [-0.39, 0.29) is 6.10 Å². The summed E-state index contributed by atoms with van der Waals surface area (Å²) >= 11 is 1.89. The lowest BCUT2D eigenvalue weighted by Gasteiger charge is -2.33. The molecule has 1 aromatic rings. The van der Waals surface area contributed by atoms with Crippen LogP contribution >= 0.6 is 11.8 Å². The molecule has 2 unspecified atom stereocenters. The molecular weight excluding hydrogens is 216 g/mol. The zero-order valence-corrected chi connectivity index (χ0v) is 11.3. The van der Waals surface area contributed by atoms with E-state index in [0.29, 0.717) is 11.2 Å². The van der Waals surface area contributed by atoms with E-state index < -0.39 is 0 Å². The number of benzene rings is 1. The Morgan fingerprint density at radius 1 is 1.31 bits per heavy atom. The Hall–Kier alpha value is -0.470. The van der Waals surface area contributed by atoms with Crippen LogP contribution in [0.3, 0.4) is 0 Å². The summed E-state index contributed by atoms with van der Waals surface area (Å²) in [6.45, 7) is 8.62. The molecule has 0 saturated carbocycles. The van der Waals surface area contributed by atoms with Crippen LogP contribution in [0.2, 0.25) is 0 Å². The molecule has 88 valence electrons. The maximum Gasteiger partial charge on any atom is 0.0916 e. The third-order valence-electron chi connectivity index (χ3n) is 3.31. The zero-order valence-electron chi connectivity index (χ0n) is 10.4. The second-order valence-electron chi connectivity index (χ2n) is 5.12. The summed E-state index contributed by atoms with van der Waals surface area (Å²) in [6, 6.07) is 4.39. The fourth-order valence-corrected chi connectivity index (χ4v) is 3.92. The van der Waals surface area contributed by atoms with Gasteiger partial charge in [-0.25, -0.2) is 0 Å². The lowest BCUT2D eigenvalue weighted by Crippen LogP contribution is -2.26. The first-order valence-corrected chi connectivity index (χ1v) is 6.95. The van der Waals surface area contributed by atoms with Crippen molar-refractivity contribution >= 4 is 11.8 Å². The quantitative estimate of drug-likeness (QED) is 0.804. The molecule has 0 saturated heterocycles. The third kappa shape index (κ3) is 2.01. The van der Waals surface area contributed by atoms with Crippen molar-refractivity contribution < 1.29 is 5.11 Å². The molecular formula is C14H20OS. The van der Waals surface area contributed by atoms with Gasteiger partial charge in [0.1, 0.15) is 0 Å². The Morgan fingerprint density at radius 2 is 2.00 bits per heavy atom. The van der Waals surface area contributed by atoms with Gasteiger partial charge in [-0.2, -0.15) is 11.8 Å². The van der Waals surface area contributed by atoms with Crippen LogP contribution in [0.5, 0.6) is 0 Å². The predicted octanol–water partition coefficient (Wildman–Crippen LogP) is 3.61.